The molecule has 0 radical (unpaired) electrons. The number of nitrogens with one attached hydrogen (secondary N) is 1. The van der Waals surface area contributed by atoms with Gasteiger partial charge in [-0.1, -0.05) is 13.8 Å². The molecule has 0 amide bonds. The summed E-state index contributed by atoms with van der Waals surface area (Å²) in [5, 5.41) is 3.66. The third-order valence-electron chi connectivity index (χ3n) is 4.99. The van der Waals surface area contributed by atoms with Gasteiger partial charge in [0.1, 0.15) is 0 Å². The number of methoxy groups -OCH3 is 1. The summed E-state index contributed by atoms with van der Waals surface area (Å²) < 4.78 is 17.4. The molecule has 0 bridgehead atoms. The Morgan fingerprint density at radius 2 is 2.00 bits per heavy atom. The van der Waals surface area contributed by atoms with Gasteiger partial charge in [0.2, 0.25) is 0 Å². The van der Waals surface area contributed by atoms with Crippen molar-refractivity contribution < 1.29 is 14.2 Å². The molecule has 0 saturated carbocycles. The van der Waals surface area contributed by atoms with Gasteiger partial charge in [0.15, 0.2) is 0 Å². The second kappa shape index (κ2) is 7.74. The van der Waals surface area contributed by atoms with Crippen LogP contribution in [0.4, 0.5) is 0 Å². The van der Waals surface area contributed by atoms with E-state index in [2.05, 4.69) is 19.2 Å². The van der Waals surface area contributed by atoms with E-state index in [1.807, 2.05) is 7.11 Å². The van der Waals surface area contributed by atoms with Gasteiger partial charge < -0.3 is 19.5 Å². The van der Waals surface area contributed by atoms with Crippen LogP contribution in [0.5, 0.6) is 0 Å². The van der Waals surface area contributed by atoms with E-state index in [0.717, 1.165) is 58.5 Å². The first kappa shape index (κ1) is 16.2. The lowest BCUT2D eigenvalue weighted by atomic mass is 9.76. The number of ether oxygens (including phenoxy) is 3. The van der Waals surface area contributed by atoms with Crippen LogP contribution in [0.15, 0.2) is 0 Å². The molecule has 2 rings (SSSR count). The summed E-state index contributed by atoms with van der Waals surface area (Å²) in [6.07, 6.45) is 5.74. The van der Waals surface area contributed by atoms with E-state index in [-0.39, 0.29) is 5.60 Å². The van der Waals surface area contributed by atoms with Crippen LogP contribution in [-0.4, -0.2) is 51.2 Å². The molecule has 0 aromatic carbocycles. The van der Waals surface area contributed by atoms with E-state index < -0.39 is 0 Å². The summed E-state index contributed by atoms with van der Waals surface area (Å²) in [5.74, 6) is 0.645. The van der Waals surface area contributed by atoms with Crippen LogP contribution in [-0.2, 0) is 14.2 Å². The third-order valence-corrected chi connectivity index (χ3v) is 4.99. The lowest BCUT2D eigenvalue weighted by Crippen LogP contribution is -2.53. The molecule has 2 aliphatic rings. The van der Waals surface area contributed by atoms with Gasteiger partial charge >= 0.3 is 0 Å². The van der Waals surface area contributed by atoms with Gasteiger partial charge in [-0.25, -0.2) is 0 Å². The normalized spacial score (nSPS) is 29.2. The van der Waals surface area contributed by atoms with E-state index in [4.69, 9.17) is 14.2 Å². The Bertz CT molecular complexity index is 269. The van der Waals surface area contributed by atoms with Gasteiger partial charge in [-0.2, -0.15) is 0 Å². The molecule has 2 aliphatic heterocycles. The highest BCUT2D eigenvalue weighted by atomic mass is 16.5. The maximum Gasteiger partial charge on any atom is 0.0729 e. The minimum atomic E-state index is 0.0703. The van der Waals surface area contributed by atoms with Crippen molar-refractivity contribution in [2.45, 2.75) is 63.7 Å². The average Bonchev–Trinajstić information content (AvgIpc) is 2.48. The van der Waals surface area contributed by atoms with Crippen LogP contribution in [0, 0.1) is 5.92 Å². The largest absolute Gasteiger partial charge is 0.381 e. The SMILES string of the molecule is CCNC(C1CCOC2(CCOCC2)C1)C(CC)OC. The summed E-state index contributed by atoms with van der Waals surface area (Å²) in [4.78, 5) is 0. The molecule has 4 heteroatoms. The molecule has 2 heterocycles. The fourth-order valence-corrected chi connectivity index (χ4v) is 3.87. The van der Waals surface area contributed by atoms with Crippen LogP contribution in [0.3, 0.4) is 0 Å². The Hall–Kier alpha value is -0.160. The third kappa shape index (κ3) is 3.73. The topological polar surface area (TPSA) is 39.7 Å². The Balaban J connectivity index is 2.04. The molecule has 3 atom stereocenters. The van der Waals surface area contributed by atoms with E-state index in [9.17, 15) is 0 Å². The van der Waals surface area contributed by atoms with Crippen LogP contribution in [0.25, 0.3) is 0 Å². The van der Waals surface area contributed by atoms with Crippen molar-refractivity contribution in [1.29, 1.82) is 0 Å². The van der Waals surface area contributed by atoms with Crippen LogP contribution < -0.4 is 5.32 Å². The summed E-state index contributed by atoms with van der Waals surface area (Å²) in [7, 11) is 1.84. The smallest absolute Gasteiger partial charge is 0.0729 e. The van der Waals surface area contributed by atoms with Crippen molar-refractivity contribution in [2.24, 2.45) is 5.92 Å². The molecule has 0 aromatic heterocycles. The zero-order valence-electron chi connectivity index (χ0n) is 13.3. The first-order valence-electron chi connectivity index (χ1n) is 8.22. The van der Waals surface area contributed by atoms with Gasteiger partial charge in [0.25, 0.3) is 0 Å². The summed E-state index contributed by atoms with van der Waals surface area (Å²) in [5.41, 5.74) is 0.0703. The van der Waals surface area contributed by atoms with Gasteiger partial charge in [-0.15, -0.1) is 0 Å². The van der Waals surface area contributed by atoms with E-state index in [0.29, 0.717) is 18.1 Å². The maximum atomic E-state index is 6.16. The van der Waals surface area contributed by atoms with Crippen molar-refractivity contribution in [1.82, 2.24) is 5.32 Å². The van der Waals surface area contributed by atoms with Gasteiger partial charge in [0, 0.05) is 33.0 Å². The molecule has 118 valence electrons. The quantitative estimate of drug-likeness (QED) is 0.813. The second-order valence-corrected chi connectivity index (χ2v) is 6.16. The highest BCUT2D eigenvalue weighted by Crippen LogP contribution is 2.39. The Kier molecular flexibility index (Phi) is 6.27. The second-order valence-electron chi connectivity index (χ2n) is 6.16. The predicted molar refractivity (Wildman–Crippen MR) is 80.0 cm³/mol. The number of hydrogen-bond donors (Lipinski definition) is 1. The van der Waals surface area contributed by atoms with Gasteiger partial charge in [-0.3, -0.25) is 0 Å². The predicted octanol–water partition coefficient (Wildman–Crippen LogP) is 2.37. The molecule has 4 nitrogen and oxygen atoms in total. The number of hydrogen-bond acceptors (Lipinski definition) is 4. The lowest BCUT2D eigenvalue weighted by molar-refractivity contribution is -0.154. The zero-order valence-corrected chi connectivity index (χ0v) is 13.3. The highest BCUT2D eigenvalue weighted by molar-refractivity contribution is 4.94. The number of rotatable bonds is 6. The van der Waals surface area contributed by atoms with Crippen molar-refractivity contribution >= 4 is 0 Å². The molecule has 0 aromatic rings. The molecular formula is C16H31NO3. The summed E-state index contributed by atoms with van der Waals surface area (Å²) in [6.45, 7) is 7.96. The van der Waals surface area contributed by atoms with Crippen molar-refractivity contribution in [3.05, 3.63) is 0 Å². The Labute approximate surface area is 123 Å². The summed E-state index contributed by atoms with van der Waals surface area (Å²) >= 11 is 0. The monoisotopic (exact) mass is 285 g/mol. The molecular weight excluding hydrogens is 254 g/mol. The molecule has 20 heavy (non-hydrogen) atoms. The zero-order chi connectivity index (χ0) is 14.4. The Morgan fingerprint density at radius 1 is 1.25 bits per heavy atom. The first-order chi connectivity index (χ1) is 9.74. The lowest BCUT2D eigenvalue weighted by Gasteiger charge is -2.46. The van der Waals surface area contributed by atoms with E-state index in [1.54, 1.807) is 0 Å². The maximum absolute atomic E-state index is 6.16. The molecule has 2 saturated heterocycles. The van der Waals surface area contributed by atoms with Crippen molar-refractivity contribution in [2.75, 3.05) is 33.5 Å². The fourth-order valence-electron chi connectivity index (χ4n) is 3.87. The van der Waals surface area contributed by atoms with Crippen molar-refractivity contribution in [3.63, 3.8) is 0 Å². The Morgan fingerprint density at radius 3 is 2.60 bits per heavy atom. The molecule has 0 aliphatic carbocycles. The van der Waals surface area contributed by atoms with Gasteiger partial charge in [-0.05, 0) is 44.6 Å². The van der Waals surface area contributed by atoms with Gasteiger partial charge in [0.05, 0.1) is 11.7 Å². The standard InChI is InChI=1S/C16H31NO3/c1-4-14(18-3)15(17-5-2)13-6-9-20-16(12-13)7-10-19-11-8-16/h13-15,17H,4-12H2,1-3H3. The molecule has 1 N–H and O–H groups in total. The molecule has 1 spiro atoms. The number of likely N-dealkylation sites (N-methyl/N-ethyl adjacent to an activating group) is 1. The van der Waals surface area contributed by atoms with E-state index >= 15 is 0 Å². The summed E-state index contributed by atoms with van der Waals surface area (Å²) in [6, 6.07) is 0.443. The van der Waals surface area contributed by atoms with Crippen LogP contribution >= 0.6 is 0 Å². The molecule has 2 fully saturated rings. The highest BCUT2D eigenvalue weighted by Gasteiger charge is 2.42. The van der Waals surface area contributed by atoms with E-state index in [1.165, 1.54) is 0 Å². The minimum Gasteiger partial charge on any atom is -0.381 e. The van der Waals surface area contributed by atoms with Crippen LogP contribution in [0.2, 0.25) is 0 Å². The molecule has 3 unspecified atom stereocenters. The minimum absolute atomic E-state index is 0.0703. The fraction of sp³-hybridized carbons (Fsp3) is 1.00. The average molecular weight is 285 g/mol. The van der Waals surface area contributed by atoms with Crippen LogP contribution in [0.1, 0.15) is 46.0 Å². The van der Waals surface area contributed by atoms with Crippen molar-refractivity contribution in [3.8, 4) is 0 Å². The first-order valence-corrected chi connectivity index (χ1v) is 8.22.